The average molecular weight is 402 g/mol. The third-order valence-corrected chi connectivity index (χ3v) is 6.44. The molecule has 0 bridgehead atoms. The minimum atomic E-state index is -0.942. The van der Waals surface area contributed by atoms with Crippen molar-refractivity contribution in [3.05, 3.63) is 47.9 Å². The molecule has 0 saturated heterocycles. The Hall–Kier alpha value is -2.31. The van der Waals surface area contributed by atoms with E-state index in [4.69, 9.17) is 11.2 Å². The predicted octanol–water partition coefficient (Wildman–Crippen LogP) is 1.15. The topological polar surface area (TPSA) is 51.2 Å². The van der Waals surface area contributed by atoms with E-state index in [1.807, 2.05) is 31.2 Å². The summed E-state index contributed by atoms with van der Waals surface area (Å²) >= 11 is -0.942. The fraction of sp³-hybridized carbons (Fsp3) is 0.263. The van der Waals surface area contributed by atoms with Gasteiger partial charge >= 0.3 is 154 Å². The van der Waals surface area contributed by atoms with Gasteiger partial charge in [-0.3, -0.25) is 0 Å². The summed E-state index contributed by atoms with van der Waals surface area (Å²) in [5.74, 6) is 2.35. The minimum absolute atomic E-state index is 0.234. The number of nitrogens with zero attached hydrogens (tertiary/aromatic N) is 1. The summed E-state index contributed by atoms with van der Waals surface area (Å²) in [5, 5.41) is 2.80. The zero-order valence-corrected chi connectivity index (χ0v) is 16.5. The molecule has 25 heavy (non-hydrogen) atoms. The maximum atomic E-state index is 13.7. The normalized spacial score (nSPS) is 13.2. The zero-order chi connectivity index (χ0) is 18.4. The average Bonchev–Trinajstić information content (AvgIpc) is 2.63. The Morgan fingerprint density at radius 1 is 1.48 bits per heavy atom. The number of hydrogen-bond donors (Lipinski definition) is 1. The van der Waals surface area contributed by atoms with Crippen LogP contribution in [-0.2, 0) is 0 Å². The molecular weight excluding hydrogens is 382 g/mol. The number of hydrogen-bond acceptors (Lipinski definition) is 3. The molecule has 1 aromatic carbocycles. The van der Waals surface area contributed by atoms with Gasteiger partial charge in [0.25, 0.3) is 0 Å². The van der Waals surface area contributed by atoms with Gasteiger partial charge in [0.05, 0.1) is 0 Å². The monoisotopic (exact) mass is 402 g/mol. The molecule has 0 spiro atoms. The summed E-state index contributed by atoms with van der Waals surface area (Å²) in [4.78, 5) is 16.8. The van der Waals surface area contributed by atoms with Gasteiger partial charge in [-0.25, -0.2) is 0 Å². The first-order valence-corrected chi connectivity index (χ1v) is 9.87. The van der Waals surface area contributed by atoms with Crippen LogP contribution in [0.5, 0.6) is 5.75 Å². The molecule has 0 saturated carbocycles. The summed E-state index contributed by atoms with van der Waals surface area (Å²) in [6, 6.07) is 8.81. The molecule has 0 fully saturated rings. The number of benzene rings is 1. The van der Waals surface area contributed by atoms with Crippen LogP contribution in [0.15, 0.2) is 36.5 Å². The van der Waals surface area contributed by atoms with E-state index in [2.05, 4.69) is 16.2 Å². The molecule has 130 valence electrons. The van der Waals surface area contributed by atoms with Crippen molar-refractivity contribution >= 4 is 30.5 Å². The van der Waals surface area contributed by atoms with Gasteiger partial charge in [0.2, 0.25) is 0 Å². The molecule has 0 aliphatic heterocycles. The van der Waals surface area contributed by atoms with Crippen molar-refractivity contribution in [2.75, 3.05) is 7.11 Å². The van der Waals surface area contributed by atoms with Gasteiger partial charge in [-0.15, -0.1) is 0 Å². The molecule has 4 nitrogen and oxygen atoms in total. The van der Waals surface area contributed by atoms with Crippen LogP contribution >= 0.6 is 0 Å². The number of amides is 1. The van der Waals surface area contributed by atoms with E-state index in [1.54, 1.807) is 14.0 Å². The van der Waals surface area contributed by atoms with Gasteiger partial charge in [0.1, 0.15) is 0 Å². The van der Waals surface area contributed by atoms with Gasteiger partial charge in [0, 0.05) is 0 Å². The second-order valence-corrected chi connectivity index (χ2v) is 8.42. The molecule has 2 rings (SSSR count). The van der Waals surface area contributed by atoms with Crippen molar-refractivity contribution in [2.24, 2.45) is 0 Å². The van der Waals surface area contributed by atoms with Crippen molar-refractivity contribution in [1.82, 2.24) is 10.3 Å². The summed E-state index contributed by atoms with van der Waals surface area (Å²) in [5.41, 5.74) is -0.547. The Morgan fingerprint density at radius 2 is 2.24 bits per heavy atom. The molecule has 1 amide bonds. The van der Waals surface area contributed by atoms with Crippen LogP contribution in [-0.4, -0.2) is 39.3 Å². The Kier molecular flexibility index (Phi) is 6.22. The van der Waals surface area contributed by atoms with Crippen molar-refractivity contribution in [3.8, 4) is 18.1 Å². The molecule has 0 aliphatic carbocycles. The van der Waals surface area contributed by atoms with Crippen LogP contribution in [0.1, 0.15) is 30.6 Å². The number of carbonyl (C=O) groups is 1. The van der Waals surface area contributed by atoms with E-state index < -0.39 is 33.0 Å². The van der Waals surface area contributed by atoms with Crippen molar-refractivity contribution in [1.29, 1.82) is 0 Å². The third-order valence-electron chi connectivity index (χ3n) is 3.85. The van der Waals surface area contributed by atoms with Crippen molar-refractivity contribution < 1.29 is 13.9 Å². The zero-order valence-electron chi connectivity index (χ0n) is 14.4. The number of carbonyl (C=O) groups excluding carboxylic acids is 1. The number of pyridine rings is 1. The van der Waals surface area contributed by atoms with Crippen LogP contribution in [0.3, 0.4) is 0 Å². The number of aromatic nitrogens is 1. The summed E-state index contributed by atoms with van der Waals surface area (Å²) in [6.45, 7) is 3.64. The first-order chi connectivity index (χ1) is 11.9. The number of terminal acetylenes is 1. The Morgan fingerprint density at radius 3 is 2.88 bits per heavy atom. The van der Waals surface area contributed by atoms with E-state index in [9.17, 15) is 9.18 Å². The number of ether oxygens (including phenoxy) is 1. The van der Waals surface area contributed by atoms with Crippen LogP contribution < -0.4 is 18.9 Å². The van der Waals surface area contributed by atoms with Gasteiger partial charge in [-0.1, -0.05) is 0 Å². The first-order valence-electron chi connectivity index (χ1n) is 7.77. The van der Waals surface area contributed by atoms with Crippen molar-refractivity contribution in [3.63, 3.8) is 0 Å². The van der Waals surface area contributed by atoms with E-state index in [-0.39, 0.29) is 5.56 Å². The molecule has 2 aromatic rings. The molecule has 0 aliphatic rings. The van der Waals surface area contributed by atoms with Crippen LogP contribution in [0, 0.1) is 18.2 Å². The van der Waals surface area contributed by atoms with Gasteiger partial charge in [0.15, 0.2) is 0 Å². The van der Waals surface area contributed by atoms with Gasteiger partial charge < -0.3 is 0 Å². The second kappa shape index (κ2) is 8.18. The van der Waals surface area contributed by atoms with E-state index in [1.165, 1.54) is 6.07 Å². The second-order valence-electron chi connectivity index (χ2n) is 5.69. The molecule has 2 atom stereocenters. The molecule has 1 aromatic heterocycles. The summed E-state index contributed by atoms with van der Waals surface area (Å²) in [7, 11) is 1.60. The fourth-order valence-corrected chi connectivity index (χ4v) is 4.44. The van der Waals surface area contributed by atoms with E-state index in [0.29, 0.717) is 10.9 Å². The molecular formula is C19H20AsFN2O2. The first kappa shape index (κ1) is 19.0. The molecule has 6 heteroatoms. The third kappa shape index (κ3) is 4.84. The van der Waals surface area contributed by atoms with E-state index in [0.717, 1.165) is 16.3 Å². The Balaban J connectivity index is 2.34. The quantitative estimate of drug-likeness (QED) is 0.583. The van der Waals surface area contributed by atoms with Crippen molar-refractivity contribution in [2.45, 2.75) is 25.8 Å². The summed E-state index contributed by atoms with van der Waals surface area (Å²) < 4.78 is 20.5. The molecule has 1 N–H and O–H groups in total. The Bertz CT molecular complexity index is 819. The van der Waals surface area contributed by atoms with Crippen LogP contribution in [0.25, 0.3) is 0 Å². The molecule has 2 unspecified atom stereocenters. The van der Waals surface area contributed by atoms with Crippen LogP contribution in [0.4, 0.5) is 4.39 Å². The SMILES string of the molecule is C#CC(C)(CC)NC(=O)c1cc(F)cnc1[AsH]c1cccc(OC)c1. The fourth-order valence-electron chi connectivity index (χ4n) is 2.09. The number of nitrogens with one attached hydrogen (secondary N) is 1. The number of rotatable bonds is 6. The standard InChI is InChI=1S/C19H20AsFN2O2/c1-5-19(3,6-2)23-18(24)16-11-14(21)12-22-17(16)20-13-8-7-9-15(10-13)25-4/h1,7-12,20H,6H2,2-4H3,(H,23,24). The van der Waals surface area contributed by atoms with Crippen LogP contribution in [0.2, 0.25) is 0 Å². The number of halogens is 1. The number of methoxy groups -OCH3 is 1. The summed E-state index contributed by atoms with van der Waals surface area (Å²) in [6.07, 6.45) is 7.21. The van der Waals surface area contributed by atoms with Gasteiger partial charge in [-0.2, -0.15) is 0 Å². The Labute approximate surface area is 153 Å². The molecule has 1 heterocycles. The molecule has 0 radical (unpaired) electrons. The maximum absolute atomic E-state index is 13.7. The predicted molar refractivity (Wildman–Crippen MR) is 98.6 cm³/mol. The van der Waals surface area contributed by atoms with Gasteiger partial charge in [-0.05, 0) is 0 Å². The van der Waals surface area contributed by atoms with E-state index >= 15 is 0 Å².